The van der Waals surface area contributed by atoms with Crippen molar-refractivity contribution in [2.24, 2.45) is 5.92 Å². The van der Waals surface area contributed by atoms with Crippen LogP contribution in [0.15, 0.2) is 16.5 Å². The van der Waals surface area contributed by atoms with Crippen LogP contribution in [0.2, 0.25) is 0 Å². The molecular formula is C16H25NO3. The summed E-state index contributed by atoms with van der Waals surface area (Å²) in [7, 11) is 0. The van der Waals surface area contributed by atoms with Gasteiger partial charge in [0.25, 0.3) is 0 Å². The quantitative estimate of drug-likeness (QED) is 0.825. The number of hydrogen-bond acceptors (Lipinski definition) is 3. The average molecular weight is 279 g/mol. The minimum absolute atomic E-state index is 0.0373. The van der Waals surface area contributed by atoms with Crippen LogP contribution in [-0.4, -0.2) is 28.6 Å². The maximum absolute atomic E-state index is 10.9. The maximum Gasteiger partial charge on any atom is 0.371 e. The van der Waals surface area contributed by atoms with Gasteiger partial charge in [-0.1, -0.05) is 26.7 Å². The molecule has 0 radical (unpaired) electrons. The fourth-order valence-electron chi connectivity index (χ4n) is 2.86. The summed E-state index contributed by atoms with van der Waals surface area (Å²) >= 11 is 0. The fraction of sp³-hybridized carbons (Fsp3) is 0.688. The third kappa shape index (κ3) is 4.10. The monoisotopic (exact) mass is 279 g/mol. The van der Waals surface area contributed by atoms with E-state index in [9.17, 15) is 4.79 Å². The number of rotatable bonds is 7. The molecule has 4 heteroatoms. The van der Waals surface area contributed by atoms with E-state index >= 15 is 0 Å². The van der Waals surface area contributed by atoms with Crippen molar-refractivity contribution in [1.29, 1.82) is 0 Å². The van der Waals surface area contributed by atoms with Crippen molar-refractivity contribution in [3.63, 3.8) is 0 Å². The second-order valence-electron chi connectivity index (χ2n) is 6.16. The van der Waals surface area contributed by atoms with E-state index in [0.29, 0.717) is 12.0 Å². The Labute approximate surface area is 120 Å². The van der Waals surface area contributed by atoms with Gasteiger partial charge in [0.2, 0.25) is 5.76 Å². The van der Waals surface area contributed by atoms with Gasteiger partial charge in [0, 0.05) is 6.04 Å². The van der Waals surface area contributed by atoms with Crippen LogP contribution in [0.3, 0.4) is 0 Å². The van der Waals surface area contributed by atoms with Crippen LogP contribution >= 0.6 is 0 Å². The van der Waals surface area contributed by atoms with Gasteiger partial charge >= 0.3 is 5.97 Å². The Kier molecular flexibility index (Phi) is 5.24. The lowest BCUT2D eigenvalue weighted by Gasteiger charge is -2.28. The largest absolute Gasteiger partial charge is 0.475 e. The van der Waals surface area contributed by atoms with E-state index in [2.05, 4.69) is 18.7 Å². The summed E-state index contributed by atoms with van der Waals surface area (Å²) in [5, 5.41) is 8.91. The summed E-state index contributed by atoms with van der Waals surface area (Å²) in [5.74, 6) is 0.490. The minimum Gasteiger partial charge on any atom is -0.475 e. The van der Waals surface area contributed by atoms with Crippen molar-refractivity contribution in [3.05, 3.63) is 23.7 Å². The van der Waals surface area contributed by atoms with Crippen molar-refractivity contribution < 1.29 is 14.3 Å². The Morgan fingerprint density at radius 3 is 2.65 bits per heavy atom. The van der Waals surface area contributed by atoms with Gasteiger partial charge < -0.3 is 9.52 Å². The van der Waals surface area contributed by atoms with Gasteiger partial charge in [-0.3, -0.25) is 4.90 Å². The van der Waals surface area contributed by atoms with Crippen LogP contribution in [0.1, 0.15) is 62.3 Å². The fourth-order valence-corrected chi connectivity index (χ4v) is 2.86. The van der Waals surface area contributed by atoms with Gasteiger partial charge in [0.15, 0.2) is 0 Å². The SMILES string of the molecule is CC(C)CCN(Cc1ccc(C(=O)O)o1)C1CCCC1. The molecule has 0 saturated heterocycles. The summed E-state index contributed by atoms with van der Waals surface area (Å²) in [6.45, 7) is 6.26. The smallest absolute Gasteiger partial charge is 0.371 e. The molecule has 0 atom stereocenters. The summed E-state index contributed by atoms with van der Waals surface area (Å²) in [6.07, 6.45) is 6.29. The lowest BCUT2D eigenvalue weighted by atomic mass is 10.1. The molecule has 1 saturated carbocycles. The Hall–Kier alpha value is -1.29. The molecule has 1 fully saturated rings. The van der Waals surface area contributed by atoms with E-state index in [4.69, 9.17) is 9.52 Å². The van der Waals surface area contributed by atoms with Crippen LogP contribution in [0.5, 0.6) is 0 Å². The number of carboxylic acids is 1. The minimum atomic E-state index is -0.995. The molecule has 0 aliphatic heterocycles. The van der Waals surface area contributed by atoms with Gasteiger partial charge in [-0.15, -0.1) is 0 Å². The zero-order chi connectivity index (χ0) is 14.5. The van der Waals surface area contributed by atoms with Crippen molar-refractivity contribution in [3.8, 4) is 0 Å². The summed E-state index contributed by atoms with van der Waals surface area (Å²) in [5.41, 5.74) is 0. The molecule has 1 aromatic heterocycles. The Morgan fingerprint density at radius 2 is 2.10 bits per heavy atom. The van der Waals surface area contributed by atoms with E-state index in [-0.39, 0.29) is 5.76 Å². The van der Waals surface area contributed by atoms with Crippen LogP contribution in [0.25, 0.3) is 0 Å². The predicted octanol–water partition coefficient (Wildman–Crippen LogP) is 3.77. The van der Waals surface area contributed by atoms with E-state index in [1.165, 1.54) is 32.1 Å². The lowest BCUT2D eigenvalue weighted by molar-refractivity contribution is 0.0657. The first-order valence-corrected chi connectivity index (χ1v) is 7.62. The first-order valence-electron chi connectivity index (χ1n) is 7.62. The van der Waals surface area contributed by atoms with E-state index in [1.807, 2.05) is 0 Å². The van der Waals surface area contributed by atoms with Crippen molar-refractivity contribution in [2.75, 3.05) is 6.54 Å². The Balaban J connectivity index is 1.99. The number of carboxylic acid groups (broad SMARTS) is 1. The number of nitrogens with zero attached hydrogens (tertiary/aromatic N) is 1. The average Bonchev–Trinajstić information content (AvgIpc) is 3.05. The highest BCUT2D eigenvalue weighted by Gasteiger charge is 2.23. The third-order valence-electron chi connectivity index (χ3n) is 4.07. The second-order valence-corrected chi connectivity index (χ2v) is 6.16. The van der Waals surface area contributed by atoms with Crippen molar-refractivity contribution >= 4 is 5.97 Å². The highest BCUT2D eigenvalue weighted by Crippen LogP contribution is 2.26. The first kappa shape index (κ1) is 15.1. The Bertz CT molecular complexity index is 433. The second kappa shape index (κ2) is 6.93. The molecule has 1 aliphatic rings. The summed E-state index contributed by atoms with van der Waals surface area (Å²) in [4.78, 5) is 13.3. The topological polar surface area (TPSA) is 53.7 Å². The predicted molar refractivity (Wildman–Crippen MR) is 77.8 cm³/mol. The molecule has 20 heavy (non-hydrogen) atoms. The first-order chi connectivity index (χ1) is 9.56. The number of aromatic carboxylic acids is 1. The molecule has 1 aliphatic carbocycles. The van der Waals surface area contributed by atoms with Crippen molar-refractivity contribution in [1.82, 2.24) is 4.90 Å². The summed E-state index contributed by atoms with van der Waals surface area (Å²) < 4.78 is 5.40. The molecule has 2 rings (SSSR count). The molecule has 0 amide bonds. The molecule has 0 unspecified atom stereocenters. The standard InChI is InChI=1S/C16H25NO3/c1-12(2)9-10-17(13-5-3-4-6-13)11-14-7-8-15(20-14)16(18)19/h7-8,12-13H,3-6,9-11H2,1-2H3,(H,18,19). The molecule has 0 aromatic carbocycles. The van der Waals surface area contributed by atoms with E-state index < -0.39 is 5.97 Å². The van der Waals surface area contributed by atoms with Crippen LogP contribution in [-0.2, 0) is 6.54 Å². The van der Waals surface area contributed by atoms with Gasteiger partial charge in [0.1, 0.15) is 5.76 Å². The lowest BCUT2D eigenvalue weighted by Crippen LogP contribution is -2.34. The number of carbonyl (C=O) groups is 1. The highest BCUT2D eigenvalue weighted by atomic mass is 16.4. The van der Waals surface area contributed by atoms with Gasteiger partial charge in [0.05, 0.1) is 6.54 Å². The van der Waals surface area contributed by atoms with Crippen LogP contribution in [0.4, 0.5) is 0 Å². The van der Waals surface area contributed by atoms with Crippen molar-refractivity contribution in [2.45, 2.75) is 58.5 Å². The highest BCUT2D eigenvalue weighted by molar-refractivity contribution is 5.84. The van der Waals surface area contributed by atoms with E-state index in [0.717, 1.165) is 18.8 Å². The number of furan rings is 1. The molecule has 1 aromatic rings. The van der Waals surface area contributed by atoms with E-state index in [1.54, 1.807) is 12.1 Å². The Morgan fingerprint density at radius 1 is 1.40 bits per heavy atom. The summed E-state index contributed by atoms with van der Waals surface area (Å²) in [6, 6.07) is 3.97. The van der Waals surface area contributed by atoms with Gasteiger partial charge in [-0.2, -0.15) is 0 Å². The third-order valence-corrected chi connectivity index (χ3v) is 4.07. The van der Waals surface area contributed by atoms with Gasteiger partial charge in [-0.05, 0) is 43.9 Å². The van der Waals surface area contributed by atoms with Crippen LogP contribution in [0, 0.1) is 5.92 Å². The van der Waals surface area contributed by atoms with Gasteiger partial charge in [-0.25, -0.2) is 4.79 Å². The number of hydrogen-bond donors (Lipinski definition) is 1. The molecule has 112 valence electrons. The normalized spacial score (nSPS) is 16.4. The molecule has 1 heterocycles. The zero-order valence-corrected chi connectivity index (χ0v) is 12.5. The molecule has 4 nitrogen and oxygen atoms in total. The molecule has 1 N–H and O–H groups in total. The molecule has 0 bridgehead atoms. The molecular weight excluding hydrogens is 254 g/mol. The molecule has 0 spiro atoms. The maximum atomic E-state index is 10.9. The van der Waals surface area contributed by atoms with Crippen LogP contribution < -0.4 is 0 Å². The zero-order valence-electron chi connectivity index (χ0n) is 12.5.